The van der Waals surface area contributed by atoms with Crippen LogP contribution in [0.2, 0.25) is 10.0 Å². The zero-order valence-electron chi connectivity index (χ0n) is 9.81. The minimum Gasteiger partial charge on any atom is -0.316 e. The van der Waals surface area contributed by atoms with E-state index in [1.54, 1.807) is 24.3 Å². The third-order valence-corrected chi connectivity index (χ3v) is 3.48. The van der Waals surface area contributed by atoms with Gasteiger partial charge in [0.05, 0.1) is 10.0 Å². The van der Waals surface area contributed by atoms with Crippen molar-refractivity contribution < 1.29 is 4.39 Å². The third-order valence-electron chi connectivity index (χ3n) is 2.66. The van der Waals surface area contributed by atoms with Crippen molar-refractivity contribution in [3.05, 3.63) is 57.8 Å². The number of benzene rings is 2. The lowest BCUT2D eigenvalue weighted by Crippen LogP contribution is -2.05. The fourth-order valence-corrected chi connectivity index (χ4v) is 2.21. The van der Waals surface area contributed by atoms with E-state index in [1.165, 1.54) is 6.07 Å². The molecule has 2 rings (SSSR count). The van der Waals surface area contributed by atoms with Gasteiger partial charge in [-0.1, -0.05) is 47.5 Å². The lowest BCUT2D eigenvalue weighted by molar-refractivity contribution is 0.627. The lowest BCUT2D eigenvalue weighted by atomic mass is 10.0. The molecule has 0 spiro atoms. The maximum Gasteiger partial charge on any atom is 0.131 e. The Bertz CT molecular complexity index is 570. The highest BCUT2D eigenvalue weighted by Crippen LogP contribution is 2.34. The first-order chi connectivity index (χ1) is 8.63. The van der Waals surface area contributed by atoms with Gasteiger partial charge in [-0.05, 0) is 24.7 Å². The summed E-state index contributed by atoms with van der Waals surface area (Å²) in [5.74, 6) is -0.299. The average molecular weight is 284 g/mol. The van der Waals surface area contributed by atoms with Crippen LogP contribution in [0.1, 0.15) is 5.56 Å². The molecule has 1 N–H and O–H groups in total. The second-order valence-electron chi connectivity index (χ2n) is 3.95. The molecule has 0 bridgehead atoms. The Morgan fingerprint density at radius 2 is 1.89 bits per heavy atom. The van der Waals surface area contributed by atoms with Gasteiger partial charge >= 0.3 is 0 Å². The predicted octanol–water partition coefficient (Wildman–Crippen LogP) is 4.52. The highest BCUT2D eigenvalue weighted by molar-refractivity contribution is 6.43. The molecule has 1 nitrogen and oxygen atoms in total. The van der Waals surface area contributed by atoms with E-state index < -0.39 is 0 Å². The van der Waals surface area contributed by atoms with E-state index in [2.05, 4.69) is 5.32 Å². The maximum absolute atomic E-state index is 14.0. The first-order valence-corrected chi connectivity index (χ1v) is 6.26. The summed E-state index contributed by atoms with van der Waals surface area (Å²) in [5.41, 5.74) is 1.96. The molecule has 0 amide bonds. The monoisotopic (exact) mass is 283 g/mol. The first kappa shape index (κ1) is 13.3. The van der Waals surface area contributed by atoms with Gasteiger partial charge in [-0.2, -0.15) is 0 Å². The predicted molar refractivity (Wildman–Crippen MR) is 74.6 cm³/mol. The normalized spacial score (nSPS) is 10.7. The van der Waals surface area contributed by atoms with Crippen molar-refractivity contribution in [1.29, 1.82) is 0 Å². The fourth-order valence-electron chi connectivity index (χ4n) is 1.80. The van der Waals surface area contributed by atoms with E-state index in [4.69, 9.17) is 23.2 Å². The molecule has 2 aromatic carbocycles. The minimum atomic E-state index is -0.299. The Morgan fingerprint density at radius 3 is 2.56 bits per heavy atom. The summed E-state index contributed by atoms with van der Waals surface area (Å²) in [7, 11) is 1.82. The van der Waals surface area contributed by atoms with Crippen molar-refractivity contribution >= 4 is 23.2 Å². The maximum atomic E-state index is 14.0. The quantitative estimate of drug-likeness (QED) is 0.873. The van der Waals surface area contributed by atoms with Crippen LogP contribution in [0.4, 0.5) is 4.39 Å². The molecule has 0 radical (unpaired) electrons. The van der Waals surface area contributed by atoms with Crippen molar-refractivity contribution in [3.8, 4) is 11.1 Å². The molecular weight excluding hydrogens is 272 g/mol. The summed E-state index contributed by atoms with van der Waals surface area (Å²) in [6.45, 7) is 0.625. The van der Waals surface area contributed by atoms with Crippen LogP contribution >= 0.6 is 23.2 Å². The largest absolute Gasteiger partial charge is 0.316 e. The second kappa shape index (κ2) is 5.70. The van der Waals surface area contributed by atoms with Gasteiger partial charge < -0.3 is 5.32 Å². The molecule has 0 fully saturated rings. The van der Waals surface area contributed by atoms with Gasteiger partial charge in [-0.25, -0.2) is 4.39 Å². The zero-order chi connectivity index (χ0) is 13.1. The molecule has 0 aliphatic heterocycles. The summed E-state index contributed by atoms with van der Waals surface area (Å²) < 4.78 is 14.0. The molecular formula is C14H12Cl2FN. The van der Waals surface area contributed by atoms with Gasteiger partial charge in [0.1, 0.15) is 5.82 Å². The highest BCUT2D eigenvalue weighted by atomic mass is 35.5. The van der Waals surface area contributed by atoms with Crippen LogP contribution in [0, 0.1) is 5.82 Å². The molecule has 0 unspecified atom stereocenters. The molecule has 4 heteroatoms. The van der Waals surface area contributed by atoms with Crippen LogP contribution in [-0.2, 0) is 6.54 Å². The Hall–Kier alpha value is -1.09. The van der Waals surface area contributed by atoms with E-state index in [0.717, 1.165) is 5.56 Å². The van der Waals surface area contributed by atoms with Crippen molar-refractivity contribution in [2.75, 3.05) is 7.05 Å². The molecule has 0 saturated carbocycles. The topological polar surface area (TPSA) is 12.0 Å². The van der Waals surface area contributed by atoms with Gasteiger partial charge in [0.2, 0.25) is 0 Å². The van der Waals surface area contributed by atoms with Gasteiger partial charge in [-0.15, -0.1) is 0 Å². The molecule has 94 valence electrons. The number of nitrogens with one attached hydrogen (secondary N) is 1. The Kier molecular flexibility index (Phi) is 4.23. The van der Waals surface area contributed by atoms with Crippen molar-refractivity contribution in [1.82, 2.24) is 5.32 Å². The number of rotatable bonds is 3. The van der Waals surface area contributed by atoms with E-state index in [1.807, 2.05) is 13.1 Å². The van der Waals surface area contributed by atoms with E-state index in [9.17, 15) is 4.39 Å². The van der Waals surface area contributed by atoms with Crippen LogP contribution in [0.15, 0.2) is 36.4 Å². The minimum absolute atomic E-state index is 0.299. The molecule has 0 heterocycles. The Morgan fingerprint density at radius 1 is 1.11 bits per heavy atom. The summed E-state index contributed by atoms with van der Waals surface area (Å²) >= 11 is 12.0. The number of hydrogen-bond acceptors (Lipinski definition) is 1. The van der Waals surface area contributed by atoms with Crippen molar-refractivity contribution in [2.24, 2.45) is 0 Å². The average Bonchev–Trinajstić information content (AvgIpc) is 2.34. The molecule has 2 aromatic rings. The van der Waals surface area contributed by atoms with Crippen LogP contribution < -0.4 is 5.32 Å². The molecule has 0 aromatic heterocycles. The lowest BCUT2D eigenvalue weighted by Gasteiger charge is -2.09. The van der Waals surface area contributed by atoms with Crippen LogP contribution in [0.25, 0.3) is 11.1 Å². The SMILES string of the molecule is CNCc1ccc(-c2cccc(Cl)c2Cl)c(F)c1. The van der Waals surface area contributed by atoms with Crippen molar-refractivity contribution in [3.63, 3.8) is 0 Å². The van der Waals surface area contributed by atoms with Gasteiger partial charge in [0, 0.05) is 17.7 Å². The van der Waals surface area contributed by atoms with E-state index in [-0.39, 0.29) is 5.82 Å². The third kappa shape index (κ3) is 2.66. The van der Waals surface area contributed by atoms with Gasteiger partial charge in [0.25, 0.3) is 0 Å². The molecule has 18 heavy (non-hydrogen) atoms. The van der Waals surface area contributed by atoms with E-state index >= 15 is 0 Å². The second-order valence-corrected chi connectivity index (χ2v) is 4.73. The smallest absolute Gasteiger partial charge is 0.131 e. The summed E-state index contributed by atoms with van der Waals surface area (Å²) in [6.07, 6.45) is 0. The van der Waals surface area contributed by atoms with Gasteiger partial charge in [-0.3, -0.25) is 0 Å². The number of halogens is 3. The van der Waals surface area contributed by atoms with E-state index in [0.29, 0.717) is 27.7 Å². The summed E-state index contributed by atoms with van der Waals surface area (Å²) in [4.78, 5) is 0. The zero-order valence-corrected chi connectivity index (χ0v) is 11.3. The first-order valence-electron chi connectivity index (χ1n) is 5.51. The standard InChI is InChI=1S/C14H12Cl2FN/c1-18-8-9-5-6-10(13(17)7-9)11-3-2-4-12(15)14(11)16/h2-7,18H,8H2,1H3. The summed E-state index contributed by atoms with van der Waals surface area (Å²) in [5, 5.41) is 3.78. The summed E-state index contributed by atoms with van der Waals surface area (Å²) in [6, 6.07) is 10.3. The van der Waals surface area contributed by atoms with Gasteiger partial charge in [0.15, 0.2) is 0 Å². The van der Waals surface area contributed by atoms with Crippen molar-refractivity contribution in [2.45, 2.75) is 6.54 Å². The molecule has 0 atom stereocenters. The fraction of sp³-hybridized carbons (Fsp3) is 0.143. The number of hydrogen-bond donors (Lipinski definition) is 1. The van der Waals surface area contributed by atoms with Crippen LogP contribution in [-0.4, -0.2) is 7.05 Å². The highest BCUT2D eigenvalue weighted by Gasteiger charge is 2.11. The Balaban J connectivity index is 2.48. The molecule has 0 saturated heterocycles. The molecule has 0 aliphatic carbocycles. The Labute approximate surface area is 116 Å². The molecule has 0 aliphatic rings. The van der Waals surface area contributed by atoms with Crippen LogP contribution in [0.3, 0.4) is 0 Å². The van der Waals surface area contributed by atoms with Crippen LogP contribution in [0.5, 0.6) is 0 Å².